The number of rotatable bonds is 4. The Morgan fingerprint density at radius 2 is 2.06 bits per heavy atom. The van der Waals surface area contributed by atoms with E-state index in [-0.39, 0.29) is 5.04 Å². The van der Waals surface area contributed by atoms with Gasteiger partial charge in [-0.3, -0.25) is 0 Å². The molecule has 18 heavy (non-hydrogen) atoms. The van der Waals surface area contributed by atoms with Crippen LogP contribution in [0.4, 0.5) is 0 Å². The molecule has 0 unspecified atom stereocenters. The first-order valence-electron chi connectivity index (χ1n) is 6.45. The van der Waals surface area contributed by atoms with Crippen molar-refractivity contribution in [3.8, 4) is 0 Å². The van der Waals surface area contributed by atoms with Crippen LogP contribution in [0, 0.1) is 0 Å². The fourth-order valence-corrected chi connectivity index (χ4v) is 2.34. The molecule has 0 saturated heterocycles. The summed E-state index contributed by atoms with van der Waals surface area (Å²) in [6.07, 6.45) is 3.11. The quantitative estimate of drug-likeness (QED) is 0.853. The van der Waals surface area contributed by atoms with Gasteiger partial charge in [-0.1, -0.05) is 20.8 Å². The van der Waals surface area contributed by atoms with E-state index < -0.39 is 13.9 Å². The van der Waals surface area contributed by atoms with Crippen LogP contribution < -0.4 is 0 Å². The molecule has 1 heterocycles. The summed E-state index contributed by atoms with van der Waals surface area (Å²) in [6, 6.07) is 0. The van der Waals surface area contributed by atoms with Crippen LogP contribution in [0.3, 0.4) is 0 Å². The first kappa shape index (κ1) is 13.8. The molecule has 0 atom stereocenters. The van der Waals surface area contributed by atoms with Crippen molar-refractivity contribution in [2.75, 3.05) is 0 Å². The minimum absolute atomic E-state index is 0.178. The highest BCUT2D eigenvalue weighted by Gasteiger charge is 2.45. The molecule has 1 aromatic rings. The zero-order valence-electron chi connectivity index (χ0n) is 11.9. The van der Waals surface area contributed by atoms with E-state index >= 15 is 0 Å². The topological polar surface area (TPSA) is 55.5 Å². The molecule has 0 aliphatic heterocycles. The Labute approximate surface area is 110 Å². The van der Waals surface area contributed by atoms with E-state index in [2.05, 4.69) is 38.8 Å². The molecular formula is C13H23NO3Si. The first-order chi connectivity index (χ1) is 8.14. The monoisotopic (exact) mass is 269 g/mol. The third-order valence-electron chi connectivity index (χ3n) is 4.11. The Hall–Kier alpha value is -0.653. The molecule has 5 heteroatoms. The van der Waals surface area contributed by atoms with Crippen LogP contribution in [0.2, 0.25) is 18.1 Å². The lowest BCUT2D eigenvalue weighted by Gasteiger charge is -2.35. The molecule has 1 aromatic heterocycles. The summed E-state index contributed by atoms with van der Waals surface area (Å²) in [4.78, 5) is 4.31. The van der Waals surface area contributed by atoms with Gasteiger partial charge in [0, 0.05) is 0 Å². The summed E-state index contributed by atoms with van der Waals surface area (Å²) in [5.41, 5.74) is -0.0741. The van der Waals surface area contributed by atoms with Crippen LogP contribution >= 0.6 is 0 Å². The van der Waals surface area contributed by atoms with Crippen molar-refractivity contribution < 1.29 is 13.9 Å². The second kappa shape index (κ2) is 4.18. The van der Waals surface area contributed by atoms with E-state index in [1.54, 1.807) is 6.26 Å². The van der Waals surface area contributed by atoms with E-state index in [4.69, 9.17) is 8.84 Å². The second-order valence-corrected chi connectivity index (χ2v) is 11.5. The standard InChI is InChI=1S/C13H23NO3Si/c1-12(2,3)18(4,5)17-9-11-14-10(8-16-11)13(15)6-7-13/h8,15H,6-7,9H2,1-5H3. The molecule has 0 bridgehead atoms. The average molecular weight is 269 g/mol. The number of nitrogens with zero attached hydrogens (tertiary/aromatic N) is 1. The van der Waals surface area contributed by atoms with E-state index in [1.807, 2.05) is 0 Å². The summed E-state index contributed by atoms with van der Waals surface area (Å²) >= 11 is 0. The molecule has 0 spiro atoms. The lowest BCUT2D eigenvalue weighted by atomic mass is 10.2. The van der Waals surface area contributed by atoms with Crippen LogP contribution in [0.15, 0.2) is 10.7 Å². The lowest BCUT2D eigenvalue weighted by molar-refractivity contribution is 0.146. The Balaban J connectivity index is 1.97. The molecule has 0 radical (unpaired) electrons. The first-order valence-corrected chi connectivity index (χ1v) is 9.36. The van der Waals surface area contributed by atoms with Crippen molar-refractivity contribution >= 4 is 8.32 Å². The van der Waals surface area contributed by atoms with Crippen molar-refractivity contribution in [1.82, 2.24) is 4.98 Å². The highest BCUT2D eigenvalue weighted by atomic mass is 28.4. The van der Waals surface area contributed by atoms with Crippen LogP contribution in [0.25, 0.3) is 0 Å². The molecule has 0 amide bonds. The number of oxazole rings is 1. The third-order valence-corrected chi connectivity index (χ3v) is 8.59. The van der Waals surface area contributed by atoms with E-state index in [1.165, 1.54) is 0 Å². The highest BCUT2D eigenvalue weighted by molar-refractivity contribution is 6.74. The summed E-state index contributed by atoms with van der Waals surface area (Å²) in [6.45, 7) is 11.4. The molecule has 2 rings (SSSR count). The molecule has 4 nitrogen and oxygen atoms in total. The Kier molecular flexibility index (Phi) is 3.20. The van der Waals surface area contributed by atoms with Gasteiger partial charge in [0.1, 0.15) is 24.2 Å². The summed E-state index contributed by atoms with van der Waals surface area (Å²) in [7, 11) is -1.77. The van der Waals surface area contributed by atoms with Gasteiger partial charge in [0.15, 0.2) is 8.32 Å². The fourth-order valence-electron chi connectivity index (χ4n) is 1.42. The van der Waals surface area contributed by atoms with E-state index in [9.17, 15) is 5.11 Å². The number of aliphatic hydroxyl groups is 1. The predicted octanol–water partition coefficient (Wildman–Crippen LogP) is 3.18. The van der Waals surface area contributed by atoms with Gasteiger partial charge in [-0.05, 0) is 31.0 Å². The number of hydrogen-bond donors (Lipinski definition) is 1. The maximum atomic E-state index is 9.92. The molecule has 0 aromatic carbocycles. The van der Waals surface area contributed by atoms with Gasteiger partial charge in [-0.2, -0.15) is 0 Å². The molecule has 1 saturated carbocycles. The summed E-state index contributed by atoms with van der Waals surface area (Å²) in [5.74, 6) is 0.565. The zero-order valence-corrected chi connectivity index (χ0v) is 12.9. The van der Waals surface area contributed by atoms with Gasteiger partial charge in [0.2, 0.25) is 5.89 Å². The Bertz CT molecular complexity index is 430. The maximum absolute atomic E-state index is 9.92. The summed E-state index contributed by atoms with van der Waals surface area (Å²) in [5, 5.41) is 10.1. The van der Waals surface area contributed by atoms with Gasteiger partial charge >= 0.3 is 0 Å². The minimum atomic E-state index is -1.77. The Morgan fingerprint density at radius 3 is 2.56 bits per heavy atom. The maximum Gasteiger partial charge on any atom is 0.219 e. The van der Waals surface area contributed by atoms with Crippen molar-refractivity contribution in [2.24, 2.45) is 0 Å². The van der Waals surface area contributed by atoms with E-state index in [0.29, 0.717) is 18.2 Å². The average Bonchev–Trinajstić information content (AvgIpc) is 2.80. The van der Waals surface area contributed by atoms with Crippen molar-refractivity contribution in [3.63, 3.8) is 0 Å². The molecule has 1 N–H and O–H groups in total. The normalized spacial score (nSPS) is 19.0. The number of aromatic nitrogens is 1. The highest BCUT2D eigenvalue weighted by Crippen LogP contribution is 2.44. The Morgan fingerprint density at radius 1 is 1.44 bits per heavy atom. The lowest BCUT2D eigenvalue weighted by Crippen LogP contribution is -2.40. The fraction of sp³-hybridized carbons (Fsp3) is 0.769. The molecule has 102 valence electrons. The molecular weight excluding hydrogens is 246 g/mol. The van der Waals surface area contributed by atoms with Crippen LogP contribution in [0.5, 0.6) is 0 Å². The molecule has 1 aliphatic rings. The van der Waals surface area contributed by atoms with Gasteiger partial charge in [0.05, 0.1) is 0 Å². The van der Waals surface area contributed by atoms with E-state index in [0.717, 1.165) is 12.8 Å². The van der Waals surface area contributed by atoms with Crippen LogP contribution in [0.1, 0.15) is 45.2 Å². The molecule has 1 fully saturated rings. The van der Waals surface area contributed by atoms with Gasteiger partial charge in [-0.15, -0.1) is 0 Å². The SMILES string of the molecule is CC(C)(C)[Si](C)(C)OCc1nc(C2(O)CC2)co1. The largest absolute Gasteiger partial charge is 0.446 e. The summed E-state index contributed by atoms with van der Waals surface area (Å²) < 4.78 is 11.4. The smallest absolute Gasteiger partial charge is 0.219 e. The predicted molar refractivity (Wildman–Crippen MR) is 71.6 cm³/mol. The third kappa shape index (κ3) is 2.68. The van der Waals surface area contributed by atoms with Gasteiger partial charge in [0.25, 0.3) is 0 Å². The van der Waals surface area contributed by atoms with Crippen LogP contribution in [-0.4, -0.2) is 18.4 Å². The molecule has 1 aliphatic carbocycles. The second-order valence-electron chi connectivity index (χ2n) is 6.71. The van der Waals surface area contributed by atoms with Crippen molar-refractivity contribution in [2.45, 2.75) is 64.0 Å². The van der Waals surface area contributed by atoms with Gasteiger partial charge in [-0.25, -0.2) is 4.98 Å². The van der Waals surface area contributed by atoms with Crippen LogP contribution in [-0.2, 0) is 16.6 Å². The van der Waals surface area contributed by atoms with Crippen molar-refractivity contribution in [3.05, 3.63) is 17.8 Å². The van der Waals surface area contributed by atoms with Gasteiger partial charge < -0.3 is 13.9 Å². The minimum Gasteiger partial charge on any atom is -0.446 e. The van der Waals surface area contributed by atoms with Crippen molar-refractivity contribution in [1.29, 1.82) is 0 Å². The zero-order chi connectivity index (χ0) is 13.6. The number of hydrogen-bond acceptors (Lipinski definition) is 4.